The number of anilines is 2. The van der Waals surface area contributed by atoms with E-state index in [2.05, 4.69) is 27.5 Å². The maximum Gasteiger partial charge on any atom is 0.301 e. The van der Waals surface area contributed by atoms with Crippen molar-refractivity contribution in [3.05, 3.63) is 77.3 Å². The molecule has 1 saturated heterocycles. The number of hydrazine groups is 1. The highest BCUT2D eigenvalue weighted by atomic mass is 35.5. The fourth-order valence-electron chi connectivity index (χ4n) is 2.48. The summed E-state index contributed by atoms with van der Waals surface area (Å²) in [6, 6.07) is 16.8. The minimum atomic E-state index is -0.324. The third-order valence-corrected chi connectivity index (χ3v) is 4.91. The molecule has 4 rings (SSSR count). The molecule has 1 fully saturated rings. The number of benzene rings is 2. The van der Waals surface area contributed by atoms with Crippen molar-refractivity contribution >= 4 is 45.4 Å². The van der Waals surface area contributed by atoms with Gasteiger partial charge in [0.2, 0.25) is 5.13 Å². The molecular weight excluding hydrogens is 382 g/mol. The molecule has 0 atom stereocenters. The molecular formula is C19H14ClN5OS. The van der Waals surface area contributed by atoms with Gasteiger partial charge in [0.1, 0.15) is 0 Å². The van der Waals surface area contributed by atoms with Gasteiger partial charge in [-0.15, -0.1) is 11.3 Å². The largest absolute Gasteiger partial charge is 0.301 e. The first kappa shape index (κ1) is 17.3. The second-order valence-electron chi connectivity index (χ2n) is 5.69. The Bertz CT molecular complexity index is 1030. The van der Waals surface area contributed by atoms with Crippen LogP contribution in [0.3, 0.4) is 0 Å². The van der Waals surface area contributed by atoms with Crippen LogP contribution in [0.1, 0.15) is 0 Å². The summed E-state index contributed by atoms with van der Waals surface area (Å²) in [5.74, 6) is -0.324. The third kappa shape index (κ3) is 3.55. The molecule has 0 bridgehead atoms. The molecule has 0 aliphatic carbocycles. The summed E-state index contributed by atoms with van der Waals surface area (Å²) in [6.45, 7) is 3.86. The molecule has 8 heteroatoms. The van der Waals surface area contributed by atoms with E-state index >= 15 is 0 Å². The van der Waals surface area contributed by atoms with Gasteiger partial charge in [-0.1, -0.05) is 48.5 Å². The van der Waals surface area contributed by atoms with E-state index in [1.807, 2.05) is 35.7 Å². The fraction of sp³-hybridized carbons (Fsp3) is 0. The number of hydrogen-bond donors (Lipinski definition) is 2. The van der Waals surface area contributed by atoms with E-state index in [0.29, 0.717) is 21.5 Å². The molecule has 1 amide bonds. The van der Waals surface area contributed by atoms with Gasteiger partial charge in [-0.3, -0.25) is 15.6 Å². The molecule has 2 aromatic carbocycles. The fourth-order valence-corrected chi connectivity index (χ4v) is 3.39. The van der Waals surface area contributed by atoms with Crippen LogP contribution in [0.25, 0.3) is 11.3 Å². The van der Waals surface area contributed by atoms with Gasteiger partial charge < -0.3 is 0 Å². The van der Waals surface area contributed by atoms with E-state index in [1.165, 1.54) is 16.3 Å². The Kier molecular flexibility index (Phi) is 4.62. The van der Waals surface area contributed by atoms with Gasteiger partial charge in [-0.2, -0.15) is 10.1 Å². The van der Waals surface area contributed by atoms with Gasteiger partial charge in [0.05, 0.1) is 17.1 Å². The summed E-state index contributed by atoms with van der Waals surface area (Å²) in [5, 5.41) is 8.58. The molecule has 1 aromatic heterocycles. The molecule has 27 heavy (non-hydrogen) atoms. The van der Waals surface area contributed by atoms with E-state index in [4.69, 9.17) is 11.6 Å². The zero-order valence-electron chi connectivity index (χ0n) is 14.0. The Labute approximate surface area is 164 Å². The Balaban J connectivity index is 1.53. The summed E-state index contributed by atoms with van der Waals surface area (Å²) in [5.41, 5.74) is 8.87. The summed E-state index contributed by atoms with van der Waals surface area (Å²) < 4.78 is 0. The lowest BCUT2D eigenvalue weighted by Crippen LogP contribution is -2.34. The number of nitrogens with zero attached hydrogens (tertiary/aromatic N) is 3. The minimum Gasteiger partial charge on any atom is -0.287 e. The molecule has 1 aliphatic rings. The average Bonchev–Trinajstić information content (AvgIpc) is 3.27. The average molecular weight is 396 g/mol. The standard InChI is InChI=1S/C19H14ClN5OS/c1-12-17(23-22-15-9-7-14(20)8-10-15)18(26)25(24-12)19-21-16(11-27-19)13-5-3-2-4-6-13/h2-11,22,24H,1H2/b23-17+. The number of hydrazone groups is 1. The van der Waals surface area contributed by atoms with Gasteiger partial charge in [-0.05, 0) is 24.3 Å². The maximum absolute atomic E-state index is 12.7. The monoisotopic (exact) mass is 395 g/mol. The number of nitrogens with one attached hydrogen (secondary N) is 2. The Hall–Kier alpha value is -3.16. The highest BCUT2D eigenvalue weighted by Gasteiger charge is 2.34. The summed E-state index contributed by atoms with van der Waals surface area (Å²) in [6.07, 6.45) is 0. The number of rotatable bonds is 4. The number of carbonyl (C=O) groups is 1. The quantitative estimate of drug-likeness (QED) is 0.646. The van der Waals surface area contributed by atoms with Crippen LogP contribution in [0.5, 0.6) is 0 Å². The predicted octanol–water partition coefficient (Wildman–Crippen LogP) is 4.30. The van der Waals surface area contributed by atoms with Gasteiger partial charge in [0.15, 0.2) is 5.71 Å². The molecule has 0 spiro atoms. The van der Waals surface area contributed by atoms with Crippen LogP contribution in [0.15, 0.2) is 77.4 Å². The zero-order valence-corrected chi connectivity index (χ0v) is 15.6. The number of hydrogen-bond acceptors (Lipinski definition) is 6. The third-order valence-electron chi connectivity index (χ3n) is 3.83. The van der Waals surface area contributed by atoms with E-state index in [-0.39, 0.29) is 11.6 Å². The van der Waals surface area contributed by atoms with Crippen molar-refractivity contribution in [1.82, 2.24) is 10.4 Å². The molecule has 134 valence electrons. The van der Waals surface area contributed by atoms with Crippen LogP contribution in [0.4, 0.5) is 10.8 Å². The number of carbonyl (C=O) groups excluding carboxylic acids is 1. The zero-order chi connectivity index (χ0) is 18.8. The van der Waals surface area contributed by atoms with Crippen LogP contribution in [0.2, 0.25) is 5.02 Å². The van der Waals surface area contributed by atoms with Crippen LogP contribution in [-0.4, -0.2) is 16.6 Å². The summed E-state index contributed by atoms with van der Waals surface area (Å²) in [7, 11) is 0. The Morgan fingerprint density at radius 2 is 1.89 bits per heavy atom. The number of aromatic nitrogens is 1. The van der Waals surface area contributed by atoms with Crippen molar-refractivity contribution in [3.8, 4) is 11.3 Å². The number of thiazole rings is 1. The van der Waals surface area contributed by atoms with Crippen molar-refractivity contribution in [2.24, 2.45) is 5.10 Å². The van der Waals surface area contributed by atoms with Crippen molar-refractivity contribution in [2.45, 2.75) is 0 Å². The molecule has 0 radical (unpaired) electrons. The van der Waals surface area contributed by atoms with E-state index < -0.39 is 0 Å². The molecule has 2 heterocycles. The topological polar surface area (TPSA) is 69.6 Å². The van der Waals surface area contributed by atoms with Gasteiger partial charge in [-0.25, -0.2) is 4.98 Å². The van der Waals surface area contributed by atoms with E-state index in [1.54, 1.807) is 24.3 Å². The molecule has 6 nitrogen and oxygen atoms in total. The van der Waals surface area contributed by atoms with Crippen LogP contribution < -0.4 is 15.9 Å². The van der Waals surface area contributed by atoms with Gasteiger partial charge in [0, 0.05) is 16.0 Å². The number of amides is 1. The summed E-state index contributed by atoms with van der Waals surface area (Å²) >= 11 is 7.23. The molecule has 1 aliphatic heterocycles. The van der Waals surface area contributed by atoms with Crippen LogP contribution in [0, 0.1) is 0 Å². The van der Waals surface area contributed by atoms with Crippen molar-refractivity contribution in [1.29, 1.82) is 0 Å². The predicted molar refractivity (Wildman–Crippen MR) is 110 cm³/mol. The smallest absolute Gasteiger partial charge is 0.287 e. The lowest BCUT2D eigenvalue weighted by molar-refractivity contribution is -0.112. The van der Waals surface area contributed by atoms with Gasteiger partial charge >= 0.3 is 5.91 Å². The molecule has 2 N–H and O–H groups in total. The normalized spacial score (nSPS) is 15.3. The second-order valence-corrected chi connectivity index (χ2v) is 6.96. The molecule has 0 unspecified atom stereocenters. The lowest BCUT2D eigenvalue weighted by atomic mass is 10.2. The Morgan fingerprint density at radius 1 is 1.15 bits per heavy atom. The van der Waals surface area contributed by atoms with Crippen molar-refractivity contribution in [3.63, 3.8) is 0 Å². The van der Waals surface area contributed by atoms with Crippen molar-refractivity contribution < 1.29 is 4.79 Å². The van der Waals surface area contributed by atoms with Crippen LogP contribution in [-0.2, 0) is 4.79 Å². The molecule has 0 saturated carbocycles. The van der Waals surface area contributed by atoms with E-state index in [9.17, 15) is 4.79 Å². The number of halogens is 1. The highest BCUT2D eigenvalue weighted by molar-refractivity contribution is 7.14. The first-order valence-corrected chi connectivity index (χ1v) is 9.28. The highest BCUT2D eigenvalue weighted by Crippen LogP contribution is 2.28. The SMILES string of the molecule is C=C1NN(c2nc(-c3ccccc3)cs2)C(=O)/C1=N/Nc1ccc(Cl)cc1. The van der Waals surface area contributed by atoms with Crippen LogP contribution >= 0.6 is 22.9 Å². The molecule has 3 aromatic rings. The first-order valence-electron chi connectivity index (χ1n) is 8.02. The lowest BCUT2D eigenvalue weighted by Gasteiger charge is -2.10. The minimum absolute atomic E-state index is 0.196. The second kappa shape index (κ2) is 7.22. The Morgan fingerprint density at radius 3 is 2.63 bits per heavy atom. The van der Waals surface area contributed by atoms with E-state index in [0.717, 1.165) is 11.3 Å². The summed E-state index contributed by atoms with van der Waals surface area (Å²) in [4.78, 5) is 17.3. The van der Waals surface area contributed by atoms with Crippen molar-refractivity contribution in [2.75, 3.05) is 10.4 Å². The van der Waals surface area contributed by atoms with Gasteiger partial charge in [0.25, 0.3) is 0 Å². The first-order chi connectivity index (χ1) is 13.1. The maximum atomic E-state index is 12.7.